The first-order chi connectivity index (χ1) is 9.65. The summed E-state index contributed by atoms with van der Waals surface area (Å²) < 4.78 is 1.88. The van der Waals surface area contributed by atoms with E-state index in [1.165, 1.54) is 0 Å². The zero-order chi connectivity index (χ0) is 14.1. The van der Waals surface area contributed by atoms with E-state index in [0.29, 0.717) is 10.7 Å². The van der Waals surface area contributed by atoms with Gasteiger partial charge in [-0.1, -0.05) is 23.7 Å². The summed E-state index contributed by atoms with van der Waals surface area (Å²) in [5, 5.41) is 0.658. The summed E-state index contributed by atoms with van der Waals surface area (Å²) in [4.78, 5) is 12.7. The molecule has 3 rings (SSSR count). The number of aromatic nitrogens is 4. The highest BCUT2D eigenvalue weighted by Gasteiger charge is 2.14. The molecule has 6 heteroatoms. The molecular formula is C14H12ClN5. The fraction of sp³-hybridized carbons (Fsp3) is 0.0714. The maximum Gasteiger partial charge on any atom is 0.220 e. The molecule has 3 aromatic rings. The molecule has 0 aliphatic heterocycles. The highest BCUT2D eigenvalue weighted by molar-refractivity contribution is 6.30. The summed E-state index contributed by atoms with van der Waals surface area (Å²) in [5.41, 5.74) is 8.16. The van der Waals surface area contributed by atoms with Crippen molar-refractivity contribution in [2.24, 2.45) is 7.05 Å². The van der Waals surface area contributed by atoms with Crippen LogP contribution in [0.15, 0.2) is 42.9 Å². The van der Waals surface area contributed by atoms with Gasteiger partial charge in [-0.2, -0.15) is 0 Å². The van der Waals surface area contributed by atoms with Crippen LogP contribution in [0.4, 0.5) is 5.95 Å². The van der Waals surface area contributed by atoms with Crippen molar-refractivity contribution in [1.82, 2.24) is 19.5 Å². The van der Waals surface area contributed by atoms with E-state index in [2.05, 4.69) is 15.0 Å². The lowest BCUT2D eigenvalue weighted by atomic mass is 10.1. The first-order valence-corrected chi connectivity index (χ1v) is 6.39. The number of hydrogen-bond acceptors (Lipinski definition) is 4. The SMILES string of the molecule is Cn1ccnc1-c1nc(N)ncc1-c1cccc(Cl)c1. The van der Waals surface area contributed by atoms with E-state index >= 15 is 0 Å². The summed E-state index contributed by atoms with van der Waals surface area (Å²) in [6, 6.07) is 7.52. The Morgan fingerprint density at radius 3 is 2.80 bits per heavy atom. The second-order valence-electron chi connectivity index (χ2n) is 4.36. The quantitative estimate of drug-likeness (QED) is 0.786. The number of nitrogens with two attached hydrogens (primary N) is 1. The second-order valence-corrected chi connectivity index (χ2v) is 4.80. The van der Waals surface area contributed by atoms with Gasteiger partial charge < -0.3 is 10.3 Å². The van der Waals surface area contributed by atoms with Crippen molar-refractivity contribution in [2.45, 2.75) is 0 Å². The molecule has 20 heavy (non-hydrogen) atoms. The molecule has 0 aliphatic carbocycles. The van der Waals surface area contributed by atoms with Gasteiger partial charge in [-0.05, 0) is 17.7 Å². The normalized spacial score (nSPS) is 10.7. The molecule has 0 aliphatic rings. The van der Waals surface area contributed by atoms with Crippen LogP contribution in [-0.2, 0) is 7.05 Å². The summed E-state index contributed by atoms with van der Waals surface area (Å²) in [5.74, 6) is 0.947. The van der Waals surface area contributed by atoms with Gasteiger partial charge in [0.2, 0.25) is 5.95 Å². The topological polar surface area (TPSA) is 69.6 Å². The van der Waals surface area contributed by atoms with Crippen LogP contribution in [0.1, 0.15) is 0 Å². The molecule has 0 radical (unpaired) electrons. The van der Waals surface area contributed by atoms with Gasteiger partial charge in [0.05, 0.1) is 0 Å². The molecule has 0 bridgehead atoms. The van der Waals surface area contributed by atoms with Crippen molar-refractivity contribution in [3.05, 3.63) is 47.9 Å². The van der Waals surface area contributed by atoms with Gasteiger partial charge >= 0.3 is 0 Å². The van der Waals surface area contributed by atoms with Gasteiger partial charge in [0.25, 0.3) is 0 Å². The van der Waals surface area contributed by atoms with Gasteiger partial charge in [-0.3, -0.25) is 0 Å². The molecule has 100 valence electrons. The van der Waals surface area contributed by atoms with E-state index in [9.17, 15) is 0 Å². The smallest absolute Gasteiger partial charge is 0.220 e. The Labute approximate surface area is 121 Å². The zero-order valence-electron chi connectivity index (χ0n) is 10.8. The minimum absolute atomic E-state index is 0.216. The standard InChI is InChI=1S/C14H12ClN5/c1-20-6-5-17-13(20)12-11(8-18-14(16)19-12)9-3-2-4-10(15)7-9/h2-8H,1H3,(H2,16,18,19). The number of halogens is 1. The van der Waals surface area contributed by atoms with Crippen LogP contribution in [0.5, 0.6) is 0 Å². The molecule has 0 unspecified atom stereocenters. The number of rotatable bonds is 2. The monoisotopic (exact) mass is 285 g/mol. The Morgan fingerprint density at radius 2 is 2.10 bits per heavy atom. The predicted octanol–water partition coefficient (Wildman–Crippen LogP) is 2.78. The molecule has 0 saturated heterocycles. The predicted molar refractivity (Wildman–Crippen MR) is 79.1 cm³/mol. The van der Waals surface area contributed by atoms with E-state index in [0.717, 1.165) is 17.0 Å². The number of imidazole rings is 1. The average Bonchev–Trinajstić information content (AvgIpc) is 2.85. The Kier molecular flexibility index (Phi) is 3.12. The van der Waals surface area contributed by atoms with E-state index in [-0.39, 0.29) is 5.95 Å². The maximum absolute atomic E-state index is 6.05. The van der Waals surface area contributed by atoms with E-state index in [1.54, 1.807) is 12.4 Å². The summed E-state index contributed by atoms with van der Waals surface area (Å²) in [6.07, 6.45) is 5.27. The molecule has 0 spiro atoms. The van der Waals surface area contributed by atoms with Crippen LogP contribution < -0.4 is 5.73 Å². The van der Waals surface area contributed by atoms with Gasteiger partial charge in [0.1, 0.15) is 5.69 Å². The number of nitrogens with zero attached hydrogens (tertiary/aromatic N) is 4. The second kappa shape index (κ2) is 4.94. The average molecular weight is 286 g/mol. The molecule has 0 saturated carbocycles. The Morgan fingerprint density at radius 1 is 1.25 bits per heavy atom. The van der Waals surface area contributed by atoms with Crippen molar-refractivity contribution in [2.75, 3.05) is 5.73 Å². The Balaban J connectivity index is 2.24. The number of benzene rings is 1. The number of anilines is 1. The lowest BCUT2D eigenvalue weighted by molar-refractivity contribution is 0.916. The van der Waals surface area contributed by atoms with E-state index < -0.39 is 0 Å². The van der Waals surface area contributed by atoms with Crippen LogP contribution in [0.25, 0.3) is 22.6 Å². The van der Waals surface area contributed by atoms with Gasteiger partial charge in [-0.15, -0.1) is 0 Å². The summed E-state index contributed by atoms with van der Waals surface area (Å²) in [7, 11) is 1.91. The molecule has 0 amide bonds. The molecule has 2 heterocycles. The molecule has 0 atom stereocenters. The van der Waals surface area contributed by atoms with Gasteiger partial charge in [0, 0.05) is 36.2 Å². The molecule has 0 fully saturated rings. The minimum atomic E-state index is 0.216. The third-order valence-electron chi connectivity index (χ3n) is 2.98. The van der Waals surface area contributed by atoms with Gasteiger partial charge in [0.15, 0.2) is 5.82 Å². The first kappa shape index (κ1) is 12.6. The number of aryl methyl sites for hydroxylation is 1. The van der Waals surface area contributed by atoms with Crippen LogP contribution in [0.3, 0.4) is 0 Å². The zero-order valence-corrected chi connectivity index (χ0v) is 11.5. The van der Waals surface area contributed by atoms with Crippen molar-refractivity contribution < 1.29 is 0 Å². The lowest BCUT2D eigenvalue weighted by Crippen LogP contribution is -2.02. The summed E-state index contributed by atoms with van der Waals surface area (Å²) >= 11 is 6.05. The van der Waals surface area contributed by atoms with Crippen LogP contribution in [0.2, 0.25) is 5.02 Å². The lowest BCUT2D eigenvalue weighted by Gasteiger charge is -2.09. The third-order valence-corrected chi connectivity index (χ3v) is 3.21. The third kappa shape index (κ3) is 2.23. The number of nitrogen functional groups attached to an aromatic ring is 1. The molecular weight excluding hydrogens is 274 g/mol. The van der Waals surface area contributed by atoms with E-state index in [4.69, 9.17) is 17.3 Å². The maximum atomic E-state index is 6.05. The minimum Gasteiger partial charge on any atom is -0.368 e. The molecule has 2 aromatic heterocycles. The highest BCUT2D eigenvalue weighted by atomic mass is 35.5. The Bertz CT molecular complexity index is 766. The van der Waals surface area contributed by atoms with Crippen LogP contribution in [-0.4, -0.2) is 19.5 Å². The number of hydrogen-bond donors (Lipinski definition) is 1. The fourth-order valence-electron chi connectivity index (χ4n) is 2.03. The van der Waals surface area contributed by atoms with Crippen LogP contribution >= 0.6 is 11.6 Å². The van der Waals surface area contributed by atoms with Crippen molar-refractivity contribution in [3.63, 3.8) is 0 Å². The fourth-order valence-corrected chi connectivity index (χ4v) is 2.22. The molecule has 5 nitrogen and oxygen atoms in total. The first-order valence-electron chi connectivity index (χ1n) is 6.01. The van der Waals surface area contributed by atoms with Crippen molar-refractivity contribution in [3.8, 4) is 22.6 Å². The highest BCUT2D eigenvalue weighted by Crippen LogP contribution is 2.30. The van der Waals surface area contributed by atoms with Crippen LogP contribution in [0, 0.1) is 0 Å². The van der Waals surface area contributed by atoms with Gasteiger partial charge in [-0.25, -0.2) is 15.0 Å². The largest absolute Gasteiger partial charge is 0.368 e. The summed E-state index contributed by atoms with van der Waals surface area (Å²) in [6.45, 7) is 0. The molecule has 1 aromatic carbocycles. The Hall–Kier alpha value is -2.40. The van der Waals surface area contributed by atoms with Crippen molar-refractivity contribution >= 4 is 17.5 Å². The van der Waals surface area contributed by atoms with E-state index in [1.807, 2.05) is 42.1 Å². The van der Waals surface area contributed by atoms with Crippen molar-refractivity contribution in [1.29, 1.82) is 0 Å². The molecule has 2 N–H and O–H groups in total.